The second-order valence-electron chi connectivity index (χ2n) is 3.69. The molecule has 0 aliphatic rings. The summed E-state index contributed by atoms with van der Waals surface area (Å²) in [6.45, 7) is 2.71. The Kier molecular flexibility index (Phi) is 10.6. The van der Waals surface area contributed by atoms with Crippen LogP contribution in [0.2, 0.25) is 0 Å². The van der Waals surface area contributed by atoms with Crippen LogP contribution in [0.25, 0.3) is 0 Å². The second-order valence-corrected chi connectivity index (χ2v) is 3.69. The van der Waals surface area contributed by atoms with Crippen molar-refractivity contribution in [1.29, 1.82) is 0 Å². The van der Waals surface area contributed by atoms with Gasteiger partial charge in [-0.05, 0) is 12.8 Å². The highest BCUT2D eigenvalue weighted by Crippen LogP contribution is 2.03. The van der Waals surface area contributed by atoms with Gasteiger partial charge in [0.25, 0.3) is 0 Å². The Morgan fingerprint density at radius 2 is 1.87 bits per heavy atom. The van der Waals surface area contributed by atoms with Crippen molar-refractivity contribution in [1.82, 2.24) is 0 Å². The number of ether oxygens (including phenoxy) is 1. The molecule has 3 nitrogen and oxygen atoms in total. The Hall–Kier alpha value is -0.860. The quantitative estimate of drug-likeness (QED) is 0.319. The normalized spacial score (nSPS) is 9.93. The first-order valence-electron chi connectivity index (χ1n) is 5.90. The van der Waals surface area contributed by atoms with E-state index in [1.807, 2.05) is 0 Å². The summed E-state index contributed by atoms with van der Waals surface area (Å²) in [5.74, 6) is -0.174. The number of esters is 1. The maximum Gasteiger partial charge on any atom is 0.305 e. The topological polar surface area (TPSA) is 43.4 Å². The highest BCUT2D eigenvalue weighted by atomic mass is 16.5. The maximum atomic E-state index is 11.1. The lowest BCUT2D eigenvalue weighted by atomic mass is 10.2. The highest BCUT2D eigenvalue weighted by molar-refractivity contribution is 5.69. The van der Waals surface area contributed by atoms with E-state index in [9.17, 15) is 9.59 Å². The molecule has 0 aromatic heterocycles. The number of unbranched alkanes of at least 4 members (excludes halogenated alkanes) is 5. The molecule has 0 bridgehead atoms. The highest BCUT2D eigenvalue weighted by Gasteiger charge is 2.01. The lowest BCUT2D eigenvalue weighted by Gasteiger charge is -2.03. The number of hydrogen-bond donors (Lipinski definition) is 0. The van der Waals surface area contributed by atoms with Gasteiger partial charge in [-0.3, -0.25) is 4.79 Å². The predicted octanol–water partition coefficient (Wildman–Crippen LogP) is 2.87. The van der Waals surface area contributed by atoms with Gasteiger partial charge in [-0.1, -0.05) is 32.6 Å². The number of carbonyl (C=O) groups is 2. The van der Waals surface area contributed by atoms with Crippen LogP contribution in [0.1, 0.15) is 58.3 Å². The smallest absolute Gasteiger partial charge is 0.305 e. The zero-order chi connectivity index (χ0) is 11.4. The molecule has 0 radical (unpaired) electrons. The van der Waals surface area contributed by atoms with Crippen LogP contribution >= 0.6 is 0 Å². The molecule has 0 aliphatic heterocycles. The van der Waals surface area contributed by atoms with Crippen molar-refractivity contribution < 1.29 is 14.3 Å². The molecule has 3 heteroatoms. The van der Waals surface area contributed by atoms with Gasteiger partial charge in [0.1, 0.15) is 6.29 Å². The molecule has 0 N–H and O–H groups in total. The number of hydrogen-bond acceptors (Lipinski definition) is 3. The van der Waals surface area contributed by atoms with Crippen molar-refractivity contribution in [3.8, 4) is 0 Å². The molecular weight excluding hydrogens is 192 g/mol. The molecule has 0 rings (SSSR count). The van der Waals surface area contributed by atoms with E-state index in [4.69, 9.17) is 4.74 Å². The summed E-state index contributed by atoms with van der Waals surface area (Å²) in [6.07, 6.45) is 8.06. The van der Waals surface area contributed by atoms with Crippen LogP contribution in [0.4, 0.5) is 0 Å². The molecule has 0 aliphatic carbocycles. The molecule has 0 aromatic carbocycles. The van der Waals surface area contributed by atoms with E-state index in [1.54, 1.807) is 0 Å². The largest absolute Gasteiger partial charge is 0.466 e. The van der Waals surface area contributed by atoms with E-state index >= 15 is 0 Å². The summed E-state index contributed by atoms with van der Waals surface area (Å²) in [5.41, 5.74) is 0. The first kappa shape index (κ1) is 14.1. The van der Waals surface area contributed by atoms with E-state index < -0.39 is 0 Å². The van der Waals surface area contributed by atoms with E-state index in [2.05, 4.69) is 6.92 Å². The molecule has 0 spiro atoms. The van der Waals surface area contributed by atoms with Crippen LogP contribution in [-0.4, -0.2) is 18.9 Å². The van der Waals surface area contributed by atoms with Crippen LogP contribution in [0.5, 0.6) is 0 Å². The molecule has 88 valence electrons. The van der Waals surface area contributed by atoms with Gasteiger partial charge in [-0.15, -0.1) is 0 Å². The lowest BCUT2D eigenvalue weighted by Crippen LogP contribution is -2.05. The van der Waals surface area contributed by atoms with Crippen LogP contribution in [0.3, 0.4) is 0 Å². The molecule has 0 aromatic rings. The third-order valence-electron chi connectivity index (χ3n) is 2.21. The molecule has 0 saturated heterocycles. The minimum Gasteiger partial charge on any atom is -0.466 e. The van der Waals surface area contributed by atoms with Crippen molar-refractivity contribution >= 4 is 12.3 Å². The predicted molar refractivity (Wildman–Crippen MR) is 59.6 cm³/mol. The van der Waals surface area contributed by atoms with E-state index in [0.29, 0.717) is 25.9 Å². The second kappa shape index (κ2) is 11.2. The fourth-order valence-corrected chi connectivity index (χ4v) is 1.29. The Labute approximate surface area is 92.2 Å². The van der Waals surface area contributed by atoms with Gasteiger partial charge in [-0.2, -0.15) is 0 Å². The molecular formula is C12H22O3. The molecule has 0 fully saturated rings. The first-order chi connectivity index (χ1) is 7.31. The summed E-state index contributed by atoms with van der Waals surface area (Å²) in [7, 11) is 0. The molecule has 0 amide bonds. The molecule has 15 heavy (non-hydrogen) atoms. The zero-order valence-electron chi connectivity index (χ0n) is 9.67. The van der Waals surface area contributed by atoms with Crippen LogP contribution < -0.4 is 0 Å². The monoisotopic (exact) mass is 214 g/mol. The molecule has 0 saturated carbocycles. The average molecular weight is 214 g/mol. The Bertz CT molecular complexity index is 166. The van der Waals surface area contributed by atoms with Gasteiger partial charge >= 0.3 is 5.97 Å². The van der Waals surface area contributed by atoms with Crippen molar-refractivity contribution in [3.05, 3.63) is 0 Å². The van der Waals surface area contributed by atoms with Gasteiger partial charge in [0.2, 0.25) is 0 Å². The Balaban J connectivity index is 3.13. The van der Waals surface area contributed by atoms with Gasteiger partial charge in [0.05, 0.1) is 6.61 Å². The summed E-state index contributed by atoms with van der Waals surface area (Å²) in [5, 5.41) is 0. The van der Waals surface area contributed by atoms with Crippen molar-refractivity contribution in [2.24, 2.45) is 0 Å². The van der Waals surface area contributed by atoms with Crippen molar-refractivity contribution in [2.75, 3.05) is 6.61 Å². The van der Waals surface area contributed by atoms with Gasteiger partial charge in [0.15, 0.2) is 0 Å². The van der Waals surface area contributed by atoms with Crippen LogP contribution in [0.15, 0.2) is 0 Å². The minimum absolute atomic E-state index is 0.174. The van der Waals surface area contributed by atoms with Crippen molar-refractivity contribution in [2.45, 2.75) is 58.3 Å². The van der Waals surface area contributed by atoms with Gasteiger partial charge in [-0.25, -0.2) is 0 Å². The molecule has 0 unspecified atom stereocenters. The number of rotatable bonds is 10. The first-order valence-corrected chi connectivity index (χ1v) is 5.90. The Morgan fingerprint density at radius 3 is 2.53 bits per heavy atom. The molecule has 0 atom stereocenters. The Morgan fingerprint density at radius 1 is 1.13 bits per heavy atom. The SMILES string of the molecule is CCCCCCCOC(=O)CCCC=O. The fourth-order valence-electron chi connectivity index (χ4n) is 1.29. The summed E-state index contributed by atoms with van der Waals surface area (Å²) in [6, 6.07) is 0. The third kappa shape index (κ3) is 11.1. The van der Waals surface area contributed by atoms with Gasteiger partial charge in [0, 0.05) is 12.8 Å². The van der Waals surface area contributed by atoms with Crippen LogP contribution in [0, 0.1) is 0 Å². The summed E-state index contributed by atoms with van der Waals surface area (Å²) in [4.78, 5) is 21.1. The van der Waals surface area contributed by atoms with Crippen LogP contribution in [-0.2, 0) is 14.3 Å². The lowest BCUT2D eigenvalue weighted by molar-refractivity contribution is -0.143. The molecule has 0 heterocycles. The fraction of sp³-hybridized carbons (Fsp3) is 0.833. The van der Waals surface area contributed by atoms with E-state index in [-0.39, 0.29) is 5.97 Å². The van der Waals surface area contributed by atoms with Gasteiger partial charge < -0.3 is 9.53 Å². The standard InChI is InChI=1S/C12H22O3/c1-2-3-4-5-8-11-15-12(14)9-6-7-10-13/h10H,2-9,11H2,1H3. The zero-order valence-corrected chi connectivity index (χ0v) is 9.67. The number of aldehydes is 1. The summed E-state index contributed by atoms with van der Waals surface area (Å²) >= 11 is 0. The minimum atomic E-state index is -0.174. The number of carbonyl (C=O) groups excluding carboxylic acids is 2. The van der Waals surface area contributed by atoms with Crippen molar-refractivity contribution in [3.63, 3.8) is 0 Å². The van der Waals surface area contributed by atoms with E-state index in [0.717, 1.165) is 19.1 Å². The maximum absolute atomic E-state index is 11.1. The van der Waals surface area contributed by atoms with E-state index in [1.165, 1.54) is 19.3 Å². The average Bonchev–Trinajstić information content (AvgIpc) is 2.23. The summed E-state index contributed by atoms with van der Waals surface area (Å²) < 4.78 is 5.01. The third-order valence-corrected chi connectivity index (χ3v) is 2.21.